The maximum Gasteiger partial charge on any atom is 0.271 e. The summed E-state index contributed by atoms with van der Waals surface area (Å²) >= 11 is 2.35. The van der Waals surface area contributed by atoms with Gasteiger partial charge in [-0.2, -0.15) is 5.10 Å². The van der Waals surface area contributed by atoms with Crippen LogP contribution in [0.3, 0.4) is 0 Å². The van der Waals surface area contributed by atoms with E-state index in [1.54, 1.807) is 12.3 Å². The number of hydrogen-bond acceptors (Lipinski definition) is 2. The van der Waals surface area contributed by atoms with Gasteiger partial charge in [0.05, 0.1) is 6.21 Å². The quantitative estimate of drug-likeness (QED) is 0.180. The average Bonchev–Trinajstić information content (AvgIpc) is 3.27. The first-order chi connectivity index (χ1) is 15.8. The van der Waals surface area contributed by atoms with Crippen molar-refractivity contribution < 1.29 is 4.79 Å². The van der Waals surface area contributed by atoms with Crippen LogP contribution >= 0.6 is 22.6 Å². The zero-order valence-corrected chi connectivity index (χ0v) is 21.6. The van der Waals surface area contributed by atoms with Gasteiger partial charge in [0, 0.05) is 48.8 Å². The molecule has 33 heavy (non-hydrogen) atoms. The van der Waals surface area contributed by atoms with Gasteiger partial charge in [-0.05, 0) is 117 Å². The van der Waals surface area contributed by atoms with Crippen LogP contribution in [0, 0.1) is 38.2 Å². The monoisotopic (exact) mass is 550 g/mol. The Balaban J connectivity index is 1.53. The summed E-state index contributed by atoms with van der Waals surface area (Å²) < 4.78 is 5.58. The van der Waals surface area contributed by atoms with Crippen LogP contribution in [0.15, 0.2) is 65.8 Å². The van der Waals surface area contributed by atoms with Gasteiger partial charge in [0.1, 0.15) is 0 Å². The molecular weight excluding hydrogens is 523 g/mol. The highest BCUT2D eigenvalue weighted by Gasteiger charge is 2.11. The minimum atomic E-state index is -0.238. The van der Waals surface area contributed by atoms with Crippen LogP contribution in [0.4, 0.5) is 0 Å². The lowest BCUT2D eigenvalue weighted by Gasteiger charge is -2.11. The second kappa shape index (κ2) is 9.39. The van der Waals surface area contributed by atoms with E-state index in [1.807, 2.05) is 18.2 Å². The molecule has 0 unspecified atom stereocenters. The number of hydrogen-bond donors (Lipinski definition) is 1. The van der Waals surface area contributed by atoms with E-state index in [4.69, 9.17) is 0 Å². The molecule has 0 saturated heterocycles. The molecule has 2 aromatic heterocycles. The number of hydrazone groups is 1. The lowest BCUT2D eigenvalue weighted by molar-refractivity contribution is 0.0955. The van der Waals surface area contributed by atoms with Gasteiger partial charge in [0.15, 0.2) is 0 Å². The number of rotatable bonds is 5. The molecule has 0 aliphatic heterocycles. The fourth-order valence-corrected chi connectivity index (χ4v) is 4.51. The fraction of sp³-hybridized carbons (Fsp3) is 0.185. The average molecular weight is 550 g/mol. The van der Waals surface area contributed by atoms with Gasteiger partial charge in [-0.15, -0.1) is 0 Å². The number of amides is 1. The molecule has 168 valence electrons. The van der Waals surface area contributed by atoms with Crippen molar-refractivity contribution in [2.24, 2.45) is 5.10 Å². The highest BCUT2D eigenvalue weighted by atomic mass is 127. The molecule has 4 rings (SSSR count). The van der Waals surface area contributed by atoms with Gasteiger partial charge < -0.3 is 9.13 Å². The molecule has 0 aliphatic rings. The summed E-state index contributed by atoms with van der Waals surface area (Å²) in [6.45, 7) is 10.4. The van der Waals surface area contributed by atoms with Crippen LogP contribution in [-0.2, 0) is 0 Å². The number of nitrogens with zero attached hydrogens (tertiary/aromatic N) is 3. The molecule has 2 heterocycles. The predicted molar refractivity (Wildman–Crippen MR) is 143 cm³/mol. The molecular formula is C27H27IN4O. The van der Waals surface area contributed by atoms with Crippen molar-refractivity contribution in [2.45, 2.75) is 34.6 Å². The molecule has 0 radical (unpaired) electrons. The van der Waals surface area contributed by atoms with Crippen molar-refractivity contribution >= 4 is 34.7 Å². The predicted octanol–water partition coefficient (Wildman–Crippen LogP) is 6.18. The summed E-state index contributed by atoms with van der Waals surface area (Å²) in [4.78, 5) is 12.7. The number of nitrogens with one attached hydrogen (secondary N) is 1. The Morgan fingerprint density at radius 2 is 1.55 bits per heavy atom. The highest BCUT2D eigenvalue weighted by Crippen LogP contribution is 2.23. The Morgan fingerprint density at radius 3 is 2.24 bits per heavy atom. The normalized spacial score (nSPS) is 11.3. The van der Waals surface area contributed by atoms with Crippen molar-refractivity contribution in [1.82, 2.24) is 14.6 Å². The van der Waals surface area contributed by atoms with Crippen LogP contribution < -0.4 is 5.43 Å². The van der Waals surface area contributed by atoms with E-state index in [9.17, 15) is 4.79 Å². The Morgan fingerprint density at radius 1 is 0.848 bits per heavy atom. The van der Waals surface area contributed by atoms with Crippen LogP contribution in [0.5, 0.6) is 0 Å². The maximum absolute atomic E-state index is 12.7. The van der Waals surface area contributed by atoms with Crippen LogP contribution in [0.1, 0.15) is 44.3 Å². The molecule has 0 fully saturated rings. The van der Waals surface area contributed by atoms with E-state index in [1.165, 1.54) is 9.13 Å². The largest absolute Gasteiger partial charge is 0.318 e. The second-order valence-electron chi connectivity index (χ2n) is 8.30. The first-order valence-electron chi connectivity index (χ1n) is 10.8. The zero-order valence-electron chi connectivity index (χ0n) is 19.5. The van der Waals surface area contributed by atoms with Gasteiger partial charge >= 0.3 is 0 Å². The summed E-state index contributed by atoms with van der Waals surface area (Å²) in [5.74, 6) is -0.238. The standard InChI is InChI=1S/C27H27IN4O/c1-17-13-25(11-12-26(17)28)32-20(4)14-23(21(32)5)16-29-30-27(33)22-7-6-8-24(15-22)31-18(2)9-10-19(31)3/h6-16H,1-5H3,(H,30,33)/b29-16-. The summed E-state index contributed by atoms with van der Waals surface area (Å²) in [5, 5.41) is 4.24. The van der Waals surface area contributed by atoms with E-state index >= 15 is 0 Å². The van der Waals surface area contributed by atoms with Gasteiger partial charge in [0.2, 0.25) is 0 Å². The van der Waals surface area contributed by atoms with Crippen molar-refractivity contribution in [1.29, 1.82) is 0 Å². The third-order valence-corrected chi connectivity index (χ3v) is 7.09. The fourth-order valence-electron chi connectivity index (χ4n) is 4.17. The third-order valence-electron chi connectivity index (χ3n) is 5.88. The number of halogens is 1. The van der Waals surface area contributed by atoms with E-state index in [0.29, 0.717) is 5.56 Å². The molecule has 2 aromatic carbocycles. The molecule has 0 saturated carbocycles. The van der Waals surface area contributed by atoms with Crippen LogP contribution in [-0.4, -0.2) is 21.3 Å². The number of aryl methyl sites for hydroxylation is 4. The SMILES string of the molecule is Cc1cc(-n2c(C)cc(/C=N\NC(=O)c3cccc(-n4c(C)ccc4C)c3)c2C)ccc1I. The topological polar surface area (TPSA) is 51.3 Å². The summed E-state index contributed by atoms with van der Waals surface area (Å²) in [6.07, 6.45) is 1.71. The molecule has 4 aromatic rings. The first-order valence-corrected chi connectivity index (χ1v) is 11.9. The highest BCUT2D eigenvalue weighted by molar-refractivity contribution is 14.1. The Hall–Kier alpha value is -3.13. The minimum absolute atomic E-state index is 0.238. The van der Waals surface area contributed by atoms with Crippen molar-refractivity contribution in [3.63, 3.8) is 0 Å². The Labute approximate surface area is 208 Å². The number of benzene rings is 2. The molecule has 6 heteroatoms. The maximum atomic E-state index is 12.7. The molecule has 1 N–H and O–H groups in total. The van der Waals surface area contributed by atoms with E-state index in [0.717, 1.165) is 39.7 Å². The zero-order chi connectivity index (χ0) is 23.7. The van der Waals surface area contributed by atoms with Crippen LogP contribution in [0.2, 0.25) is 0 Å². The molecule has 0 atom stereocenters. The molecule has 5 nitrogen and oxygen atoms in total. The van der Waals surface area contributed by atoms with Crippen molar-refractivity contribution in [3.05, 3.63) is 104 Å². The summed E-state index contributed by atoms with van der Waals surface area (Å²) in [5.41, 5.74) is 12.0. The van der Waals surface area contributed by atoms with Crippen molar-refractivity contribution in [3.8, 4) is 11.4 Å². The summed E-state index contributed by atoms with van der Waals surface area (Å²) in [7, 11) is 0. The molecule has 0 aliphatic carbocycles. The van der Waals surface area contributed by atoms with Gasteiger partial charge in [-0.1, -0.05) is 6.07 Å². The lowest BCUT2D eigenvalue weighted by Crippen LogP contribution is -2.18. The van der Waals surface area contributed by atoms with Gasteiger partial charge in [-0.25, -0.2) is 5.43 Å². The van der Waals surface area contributed by atoms with E-state index in [2.05, 4.69) is 113 Å². The number of carbonyl (C=O) groups excluding carboxylic acids is 1. The van der Waals surface area contributed by atoms with Crippen LogP contribution in [0.25, 0.3) is 11.4 Å². The van der Waals surface area contributed by atoms with Gasteiger partial charge in [-0.3, -0.25) is 4.79 Å². The summed E-state index contributed by atoms with van der Waals surface area (Å²) in [6, 6.07) is 20.2. The smallest absolute Gasteiger partial charge is 0.271 e. The van der Waals surface area contributed by atoms with Crippen molar-refractivity contribution in [2.75, 3.05) is 0 Å². The van der Waals surface area contributed by atoms with E-state index in [-0.39, 0.29) is 5.91 Å². The number of aromatic nitrogens is 2. The molecule has 1 amide bonds. The third kappa shape index (κ3) is 4.66. The lowest BCUT2D eigenvalue weighted by atomic mass is 10.2. The Bertz CT molecular complexity index is 1360. The Kier molecular flexibility index (Phi) is 6.56. The van der Waals surface area contributed by atoms with E-state index < -0.39 is 0 Å². The number of carbonyl (C=O) groups is 1. The second-order valence-corrected chi connectivity index (χ2v) is 9.46. The molecule has 0 spiro atoms. The van der Waals surface area contributed by atoms with Gasteiger partial charge in [0.25, 0.3) is 5.91 Å². The first kappa shape index (κ1) is 23.0. The minimum Gasteiger partial charge on any atom is -0.318 e. The molecule has 0 bridgehead atoms.